The minimum atomic E-state index is 0.332. The molecular formula is C16H30N2O. The molecule has 0 aromatic heterocycles. The van der Waals surface area contributed by atoms with Crippen LogP contribution in [0.5, 0.6) is 0 Å². The molecule has 0 aromatic rings. The lowest BCUT2D eigenvalue weighted by molar-refractivity contribution is -0.135. The first kappa shape index (κ1) is 14.8. The molecule has 2 rings (SSSR count). The minimum absolute atomic E-state index is 0.332. The molecule has 0 unspecified atom stereocenters. The van der Waals surface area contributed by atoms with Gasteiger partial charge in [0.2, 0.25) is 5.91 Å². The van der Waals surface area contributed by atoms with E-state index in [0.29, 0.717) is 23.3 Å². The molecule has 110 valence electrons. The van der Waals surface area contributed by atoms with Crippen molar-refractivity contribution in [3.05, 3.63) is 0 Å². The monoisotopic (exact) mass is 266 g/mol. The van der Waals surface area contributed by atoms with Crippen LogP contribution in [0.25, 0.3) is 0 Å². The highest BCUT2D eigenvalue weighted by Crippen LogP contribution is 2.59. The van der Waals surface area contributed by atoms with Crippen molar-refractivity contribution >= 4 is 5.91 Å². The molecule has 1 aliphatic carbocycles. The van der Waals surface area contributed by atoms with Crippen molar-refractivity contribution in [2.24, 2.45) is 11.3 Å². The molecule has 1 aliphatic heterocycles. The number of hydrogen-bond acceptors (Lipinski definition) is 2. The van der Waals surface area contributed by atoms with Gasteiger partial charge in [0.05, 0.1) is 0 Å². The molecule has 2 aliphatic rings. The molecule has 2 fully saturated rings. The maximum atomic E-state index is 12.7. The summed E-state index contributed by atoms with van der Waals surface area (Å²) in [6.45, 7) is 9.67. The number of amides is 1. The minimum Gasteiger partial charge on any atom is -0.340 e. The summed E-state index contributed by atoms with van der Waals surface area (Å²) < 4.78 is 0. The molecule has 1 amide bonds. The van der Waals surface area contributed by atoms with Crippen LogP contribution in [0.15, 0.2) is 0 Å². The first-order valence-electron chi connectivity index (χ1n) is 8.12. The zero-order valence-corrected chi connectivity index (χ0v) is 12.9. The quantitative estimate of drug-likeness (QED) is 0.750. The van der Waals surface area contributed by atoms with Crippen molar-refractivity contribution in [3.63, 3.8) is 0 Å². The molecule has 3 heteroatoms. The molecule has 19 heavy (non-hydrogen) atoms. The molecule has 3 nitrogen and oxygen atoms in total. The highest BCUT2D eigenvalue weighted by molar-refractivity contribution is 5.83. The summed E-state index contributed by atoms with van der Waals surface area (Å²) >= 11 is 0. The summed E-state index contributed by atoms with van der Waals surface area (Å²) in [5.74, 6) is 0.770. The second-order valence-electron chi connectivity index (χ2n) is 6.70. The van der Waals surface area contributed by atoms with Gasteiger partial charge in [0.25, 0.3) is 0 Å². The van der Waals surface area contributed by atoms with Crippen molar-refractivity contribution in [1.82, 2.24) is 10.2 Å². The van der Waals surface area contributed by atoms with E-state index in [0.717, 1.165) is 32.5 Å². The number of carbonyl (C=O) groups is 1. The normalized spacial score (nSPS) is 24.7. The van der Waals surface area contributed by atoms with E-state index in [1.807, 2.05) is 0 Å². The lowest BCUT2D eigenvalue weighted by Crippen LogP contribution is -2.41. The standard InChI is InChI=1S/C16H30N2O/c1-4-5-6-11-18(13(2)3)15(19)14-12-16(14)7-9-17-10-8-16/h13-14,17H,4-12H2,1-3H3/t14-/m0/s1. The number of unbranched alkanes of at least 4 members (excludes halogenated alkanes) is 2. The van der Waals surface area contributed by atoms with Crippen LogP contribution in [-0.2, 0) is 4.79 Å². The van der Waals surface area contributed by atoms with Gasteiger partial charge in [-0.1, -0.05) is 19.8 Å². The van der Waals surface area contributed by atoms with Gasteiger partial charge in [-0.2, -0.15) is 0 Å². The highest BCUT2D eigenvalue weighted by Gasteiger charge is 2.58. The summed E-state index contributed by atoms with van der Waals surface area (Å²) in [5, 5.41) is 3.41. The third-order valence-corrected chi connectivity index (χ3v) is 5.00. The van der Waals surface area contributed by atoms with E-state index in [4.69, 9.17) is 0 Å². The third-order valence-electron chi connectivity index (χ3n) is 5.00. The van der Waals surface area contributed by atoms with E-state index in [2.05, 4.69) is 31.0 Å². The Morgan fingerprint density at radius 3 is 2.58 bits per heavy atom. The average Bonchev–Trinajstić information content (AvgIpc) is 3.08. The Balaban J connectivity index is 1.89. The predicted octanol–water partition coefficient (Wildman–Crippen LogP) is 2.80. The molecule has 0 aromatic carbocycles. The Morgan fingerprint density at radius 1 is 1.32 bits per heavy atom. The molecule has 1 N–H and O–H groups in total. The van der Waals surface area contributed by atoms with Gasteiger partial charge in [-0.25, -0.2) is 0 Å². The van der Waals surface area contributed by atoms with E-state index < -0.39 is 0 Å². The molecule has 1 atom stereocenters. The largest absolute Gasteiger partial charge is 0.340 e. The van der Waals surface area contributed by atoms with Crippen LogP contribution in [0, 0.1) is 11.3 Å². The van der Waals surface area contributed by atoms with Crippen LogP contribution < -0.4 is 5.32 Å². The number of rotatable bonds is 6. The predicted molar refractivity (Wildman–Crippen MR) is 79.0 cm³/mol. The fourth-order valence-electron chi connectivity index (χ4n) is 3.53. The Labute approximate surface area is 118 Å². The first-order valence-corrected chi connectivity index (χ1v) is 8.12. The fraction of sp³-hybridized carbons (Fsp3) is 0.938. The van der Waals surface area contributed by atoms with Gasteiger partial charge in [0.15, 0.2) is 0 Å². The molecule has 1 saturated heterocycles. The van der Waals surface area contributed by atoms with Crippen LogP contribution in [0.1, 0.15) is 59.3 Å². The van der Waals surface area contributed by atoms with Crippen molar-refractivity contribution < 1.29 is 4.79 Å². The van der Waals surface area contributed by atoms with E-state index in [9.17, 15) is 4.79 Å². The zero-order valence-electron chi connectivity index (χ0n) is 12.9. The number of nitrogens with one attached hydrogen (secondary N) is 1. The Hall–Kier alpha value is -0.570. The average molecular weight is 266 g/mol. The topological polar surface area (TPSA) is 32.3 Å². The number of nitrogens with zero attached hydrogens (tertiary/aromatic N) is 1. The van der Waals surface area contributed by atoms with Crippen molar-refractivity contribution in [1.29, 1.82) is 0 Å². The lowest BCUT2D eigenvalue weighted by atomic mass is 9.91. The fourth-order valence-corrected chi connectivity index (χ4v) is 3.53. The SMILES string of the molecule is CCCCCN(C(=O)[C@@H]1CC12CCNCC2)C(C)C. The van der Waals surface area contributed by atoms with Crippen molar-refractivity contribution in [2.45, 2.75) is 65.3 Å². The highest BCUT2D eigenvalue weighted by atomic mass is 16.2. The number of hydrogen-bond donors (Lipinski definition) is 1. The van der Waals surface area contributed by atoms with Gasteiger partial charge in [0, 0.05) is 18.5 Å². The summed E-state index contributed by atoms with van der Waals surface area (Å²) in [6, 6.07) is 0.351. The molecule has 0 bridgehead atoms. The van der Waals surface area contributed by atoms with Gasteiger partial charge < -0.3 is 10.2 Å². The second kappa shape index (κ2) is 6.25. The zero-order chi connectivity index (χ0) is 13.9. The Kier molecular flexibility index (Phi) is 4.88. The van der Waals surface area contributed by atoms with Crippen LogP contribution in [0.3, 0.4) is 0 Å². The van der Waals surface area contributed by atoms with Gasteiger partial charge >= 0.3 is 0 Å². The van der Waals surface area contributed by atoms with E-state index in [1.165, 1.54) is 25.7 Å². The van der Waals surface area contributed by atoms with Crippen LogP contribution in [0.4, 0.5) is 0 Å². The molecule has 0 radical (unpaired) electrons. The Morgan fingerprint density at radius 2 is 2.00 bits per heavy atom. The maximum absolute atomic E-state index is 12.7. The molecule has 1 spiro atoms. The summed E-state index contributed by atoms with van der Waals surface area (Å²) in [4.78, 5) is 14.9. The van der Waals surface area contributed by atoms with Crippen LogP contribution in [0.2, 0.25) is 0 Å². The third kappa shape index (κ3) is 3.31. The molecular weight excluding hydrogens is 236 g/mol. The van der Waals surface area contributed by atoms with E-state index in [1.54, 1.807) is 0 Å². The summed E-state index contributed by atoms with van der Waals surface area (Å²) in [5.41, 5.74) is 0.375. The lowest BCUT2D eigenvalue weighted by Gasteiger charge is -2.29. The summed E-state index contributed by atoms with van der Waals surface area (Å²) in [6.07, 6.45) is 7.15. The number of carbonyl (C=O) groups excluding carboxylic acids is 1. The van der Waals surface area contributed by atoms with E-state index in [-0.39, 0.29) is 0 Å². The Bertz CT molecular complexity index is 308. The van der Waals surface area contributed by atoms with Crippen LogP contribution in [-0.4, -0.2) is 36.5 Å². The van der Waals surface area contributed by atoms with E-state index >= 15 is 0 Å². The molecule has 1 heterocycles. The summed E-state index contributed by atoms with van der Waals surface area (Å²) in [7, 11) is 0. The van der Waals surface area contributed by atoms with Gasteiger partial charge in [-0.15, -0.1) is 0 Å². The number of piperidine rings is 1. The maximum Gasteiger partial charge on any atom is 0.226 e. The van der Waals surface area contributed by atoms with Gasteiger partial charge in [-0.3, -0.25) is 4.79 Å². The smallest absolute Gasteiger partial charge is 0.226 e. The van der Waals surface area contributed by atoms with Crippen molar-refractivity contribution in [3.8, 4) is 0 Å². The van der Waals surface area contributed by atoms with Gasteiger partial charge in [0.1, 0.15) is 0 Å². The van der Waals surface area contributed by atoms with Crippen molar-refractivity contribution in [2.75, 3.05) is 19.6 Å². The second-order valence-corrected chi connectivity index (χ2v) is 6.70. The molecule has 1 saturated carbocycles. The van der Waals surface area contributed by atoms with Crippen LogP contribution >= 0.6 is 0 Å². The first-order chi connectivity index (χ1) is 9.10. The van der Waals surface area contributed by atoms with Gasteiger partial charge in [-0.05, 0) is 58.0 Å².